The molecule has 3 aromatic rings. The first kappa shape index (κ1) is 26.6. The molecule has 1 saturated heterocycles. The quantitative estimate of drug-likeness (QED) is 0.199. The molecule has 1 fully saturated rings. The number of ketones is 1. The molecule has 37 heavy (non-hydrogen) atoms. The zero-order valence-electron chi connectivity index (χ0n) is 20.9. The Hall–Kier alpha value is -3.48. The standard InChI is InChI=1S/C29H27Cl2NO5/c1-16(2)15-37-21-7-5-6-18(12-21)25-24(26(33)22-13-19(30)14-23(31)28(22)36-4)27(34)29(35)32(25)20-10-8-17(3)9-11-20/h5-14,16,25,33H,15H2,1-4H3/b26-24+. The summed E-state index contributed by atoms with van der Waals surface area (Å²) in [5, 5.41) is 11.9. The molecule has 8 heteroatoms. The van der Waals surface area contributed by atoms with Crippen LogP contribution in [0.2, 0.25) is 10.0 Å². The third kappa shape index (κ3) is 5.31. The largest absolute Gasteiger partial charge is 0.507 e. The molecule has 0 saturated carbocycles. The van der Waals surface area contributed by atoms with E-state index in [0.29, 0.717) is 29.5 Å². The second kappa shape index (κ2) is 10.9. The summed E-state index contributed by atoms with van der Waals surface area (Å²) >= 11 is 12.5. The number of amides is 1. The molecule has 0 radical (unpaired) electrons. The second-order valence-electron chi connectivity index (χ2n) is 9.25. The van der Waals surface area contributed by atoms with E-state index >= 15 is 0 Å². The summed E-state index contributed by atoms with van der Waals surface area (Å²) in [6, 6.07) is 16.4. The number of halogens is 2. The summed E-state index contributed by atoms with van der Waals surface area (Å²) in [5.41, 5.74) is 2.11. The van der Waals surface area contributed by atoms with E-state index in [2.05, 4.69) is 0 Å². The number of aryl methyl sites for hydroxylation is 1. The lowest BCUT2D eigenvalue weighted by Gasteiger charge is -2.26. The summed E-state index contributed by atoms with van der Waals surface area (Å²) in [5.74, 6) is -1.01. The average Bonchev–Trinajstić information content (AvgIpc) is 3.13. The molecular weight excluding hydrogens is 513 g/mol. The van der Waals surface area contributed by atoms with Gasteiger partial charge in [0.15, 0.2) is 0 Å². The molecule has 1 amide bonds. The number of rotatable bonds is 7. The normalized spacial score (nSPS) is 16.9. The van der Waals surface area contributed by atoms with Gasteiger partial charge in [0.05, 0.1) is 35.9 Å². The van der Waals surface area contributed by atoms with Crippen LogP contribution in [-0.2, 0) is 9.59 Å². The lowest BCUT2D eigenvalue weighted by Crippen LogP contribution is -2.29. The predicted molar refractivity (Wildman–Crippen MR) is 146 cm³/mol. The summed E-state index contributed by atoms with van der Waals surface area (Å²) in [7, 11) is 1.39. The van der Waals surface area contributed by atoms with Gasteiger partial charge in [0.25, 0.3) is 11.7 Å². The van der Waals surface area contributed by atoms with E-state index in [1.54, 1.807) is 30.3 Å². The molecule has 4 rings (SSSR count). The number of anilines is 1. The summed E-state index contributed by atoms with van der Waals surface area (Å²) < 4.78 is 11.3. The Balaban J connectivity index is 1.96. The number of benzene rings is 3. The lowest BCUT2D eigenvalue weighted by molar-refractivity contribution is -0.132. The van der Waals surface area contributed by atoms with Crippen molar-refractivity contribution in [2.45, 2.75) is 26.8 Å². The number of hydrogen-bond donors (Lipinski definition) is 1. The molecule has 1 aliphatic rings. The Morgan fingerprint density at radius 1 is 1.05 bits per heavy atom. The van der Waals surface area contributed by atoms with Gasteiger partial charge >= 0.3 is 0 Å². The molecule has 0 spiro atoms. The zero-order valence-corrected chi connectivity index (χ0v) is 22.4. The zero-order chi connectivity index (χ0) is 26.9. The second-order valence-corrected chi connectivity index (χ2v) is 10.1. The molecule has 0 aliphatic carbocycles. The van der Waals surface area contributed by atoms with Gasteiger partial charge in [-0.1, -0.05) is 66.9 Å². The van der Waals surface area contributed by atoms with Gasteiger partial charge in [0, 0.05) is 10.7 Å². The Labute approximate surface area is 226 Å². The molecule has 1 atom stereocenters. The van der Waals surface area contributed by atoms with Crippen LogP contribution in [-0.4, -0.2) is 30.5 Å². The maximum atomic E-state index is 13.5. The predicted octanol–water partition coefficient (Wildman–Crippen LogP) is 6.97. The van der Waals surface area contributed by atoms with Crippen molar-refractivity contribution >= 4 is 46.3 Å². The third-order valence-electron chi connectivity index (χ3n) is 5.98. The highest BCUT2D eigenvalue weighted by Crippen LogP contribution is 2.45. The minimum atomic E-state index is -0.937. The van der Waals surface area contributed by atoms with Crippen molar-refractivity contribution in [2.75, 3.05) is 18.6 Å². The Morgan fingerprint density at radius 2 is 1.76 bits per heavy atom. The minimum absolute atomic E-state index is 0.108. The fourth-order valence-corrected chi connectivity index (χ4v) is 4.82. The monoisotopic (exact) mass is 539 g/mol. The molecule has 6 nitrogen and oxygen atoms in total. The number of carbonyl (C=O) groups excluding carboxylic acids is 2. The van der Waals surface area contributed by atoms with Crippen molar-refractivity contribution in [3.63, 3.8) is 0 Å². The van der Waals surface area contributed by atoms with Crippen LogP contribution in [0.5, 0.6) is 11.5 Å². The van der Waals surface area contributed by atoms with Gasteiger partial charge < -0.3 is 14.6 Å². The molecule has 1 N–H and O–H groups in total. The van der Waals surface area contributed by atoms with E-state index < -0.39 is 23.5 Å². The van der Waals surface area contributed by atoms with Gasteiger partial charge in [-0.25, -0.2) is 0 Å². The molecule has 0 aromatic heterocycles. The first-order valence-corrected chi connectivity index (χ1v) is 12.5. The van der Waals surface area contributed by atoms with Crippen LogP contribution in [0.4, 0.5) is 5.69 Å². The van der Waals surface area contributed by atoms with Crippen LogP contribution < -0.4 is 14.4 Å². The van der Waals surface area contributed by atoms with Gasteiger partial charge in [-0.3, -0.25) is 14.5 Å². The number of Topliss-reactive ketones (excluding diaryl/α,β-unsaturated/α-hetero) is 1. The molecular formula is C29H27Cl2NO5. The fourth-order valence-electron chi connectivity index (χ4n) is 4.25. The number of aliphatic hydroxyl groups is 1. The van der Waals surface area contributed by atoms with E-state index in [1.807, 2.05) is 39.0 Å². The number of hydrogen-bond acceptors (Lipinski definition) is 5. The van der Waals surface area contributed by atoms with Crippen LogP contribution in [0.15, 0.2) is 66.2 Å². The minimum Gasteiger partial charge on any atom is -0.507 e. The van der Waals surface area contributed by atoms with Gasteiger partial charge in [-0.05, 0) is 54.8 Å². The summed E-state index contributed by atoms with van der Waals surface area (Å²) in [6.45, 7) is 6.51. The maximum Gasteiger partial charge on any atom is 0.300 e. The van der Waals surface area contributed by atoms with Crippen LogP contribution in [0.25, 0.3) is 5.76 Å². The van der Waals surface area contributed by atoms with Crippen molar-refractivity contribution in [3.8, 4) is 11.5 Å². The third-order valence-corrected chi connectivity index (χ3v) is 6.48. The highest BCUT2D eigenvalue weighted by atomic mass is 35.5. The number of nitrogens with zero attached hydrogens (tertiary/aromatic N) is 1. The van der Waals surface area contributed by atoms with E-state index in [4.69, 9.17) is 32.7 Å². The van der Waals surface area contributed by atoms with Gasteiger partial charge in [0.1, 0.15) is 17.3 Å². The number of ether oxygens (including phenoxy) is 2. The van der Waals surface area contributed by atoms with Crippen molar-refractivity contribution in [2.24, 2.45) is 5.92 Å². The number of aliphatic hydroxyl groups excluding tert-OH is 1. The van der Waals surface area contributed by atoms with E-state index in [0.717, 1.165) is 5.56 Å². The first-order valence-electron chi connectivity index (χ1n) is 11.8. The molecule has 1 unspecified atom stereocenters. The molecule has 192 valence electrons. The van der Waals surface area contributed by atoms with Crippen LogP contribution >= 0.6 is 23.2 Å². The molecule has 0 bridgehead atoms. The van der Waals surface area contributed by atoms with Crippen molar-refractivity contribution in [1.29, 1.82) is 0 Å². The van der Waals surface area contributed by atoms with Crippen molar-refractivity contribution in [3.05, 3.63) is 93.0 Å². The molecule has 1 heterocycles. The Morgan fingerprint density at radius 3 is 2.41 bits per heavy atom. The van der Waals surface area contributed by atoms with Crippen LogP contribution in [0, 0.1) is 12.8 Å². The fraction of sp³-hybridized carbons (Fsp3) is 0.241. The average molecular weight is 540 g/mol. The number of carbonyl (C=O) groups is 2. The Bertz CT molecular complexity index is 1380. The summed E-state index contributed by atoms with van der Waals surface area (Å²) in [4.78, 5) is 28.3. The topological polar surface area (TPSA) is 76.1 Å². The highest BCUT2D eigenvalue weighted by Gasteiger charge is 2.47. The molecule has 1 aliphatic heterocycles. The van der Waals surface area contributed by atoms with Gasteiger partial charge in [0.2, 0.25) is 0 Å². The highest BCUT2D eigenvalue weighted by molar-refractivity contribution is 6.52. The van der Waals surface area contributed by atoms with Gasteiger partial charge in [-0.15, -0.1) is 0 Å². The SMILES string of the molecule is COc1c(Cl)cc(Cl)cc1/C(O)=C1\C(=O)C(=O)N(c2ccc(C)cc2)C1c1cccc(OCC(C)C)c1. The van der Waals surface area contributed by atoms with Crippen LogP contribution in [0.3, 0.4) is 0 Å². The Kier molecular flexibility index (Phi) is 7.81. The molecule has 3 aromatic carbocycles. The van der Waals surface area contributed by atoms with E-state index in [-0.39, 0.29) is 26.9 Å². The van der Waals surface area contributed by atoms with Crippen molar-refractivity contribution < 1.29 is 24.2 Å². The van der Waals surface area contributed by atoms with Crippen molar-refractivity contribution in [1.82, 2.24) is 0 Å². The smallest absolute Gasteiger partial charge is 0.300 e. The lowest BCUT2D eigenvalue weighted by atomic mass is 9.94. The van der Waals surface area contributed by atoms with Crippen LogP contribution in [0.1, 0.15) is 36.6 Å². The van der Waals surface area contributed by atoms with E-state index in [1.165, 1.54) is 24.1 Å². The van der Waals surface area contributed by atoms with Gasteiger partial charge in [-0.2, -0.15) is 0 Å². The summed E-state index contributed by atoms with van der Waals surface area (Å²) in [6.07, 6.45) is 0. The number of methoxy groups -OCH3 is 1. The van der Waals surface area contributed by atoms with E-state index in [9.17, 15) is 14.7 Å². The maximum absolute atomic E-state index is 13.5. The first-order chi connectivity index (χ1) is 17.6.